The maximum absolute atomic E-state index is 13.0. The molecule has 0 saturated heterocycles. The summed E-state index contributed by atoms with van der Waals surface area (Å²) in [7, 11) is 0. The van der Waals surface area contributed by atoms with Gasteiger partial charge >= 0.3 is 0 Å². The molecule has 0 bridgehead atoms. The van der Waals surface area contributed by atoms with Crippen molar-refractivity contribution in [2.24, 2.45) is 0 Å². The number of aromatic nitrogens is 1. The smallest absolute Gasteiger partial charge is 0.220 e. The second-order valence-corrected chi connectivity index (χ2v) is 5.40. The number of nitrogens with one attached hydrogen (secondary N) is 1. The van der Waals surface area contributed by atoms with Gasteiger partial charge in [0.25, 0.3) is 0 Å². The zero-order valence-corrected chi connectivity index (χ0v) is 12.3. The lowest BCUT2D eigenvalue weighted by atomic mass is 10.1. The minimum absolute atomic E-state index is 0.0344. The monoisotopic (exact) mass is 310 g/mol. The summed E-state index contributed by atoms with van der Waals surface area (Å²) in [4.78, 5) is 15.8. The highest BCUT2D eigenvalue weighted by atomic mass is 32.1. The summed E-state index contributed by atoms with van der Waals surface area (Å²) in [6, 6.07) is 3.83. The summed E-state index contributed by atoms with van der Waals surface area (Å²) in [6.45, 7) is 0.563. The van der Waals surface area contributed by atoms with Crippen LogP contribution in [0.15, 0.2) is 29.1 Å². The Hall–Kier alpha value is -1.82. The Kier molecular flexibility index (Phi) is 5.80. The molecule has 1 aromatic carbocycles. The van der Waals surface area contributed by atoms with Gasteiger partial charge in [0.15, 0.2) is 11.6 Å². The Bertz CT molecular complexity index is 587. The highest BCUT2D eigenvalue weighted by Crippen LogP contribution is 2.11. The number of benzene rings is 1. The van der Waals surface area contributed by atoms with E-state index in [4.69, 9.17) is 0 Å². The Morgan fingerprint density at radius 2 is 2.10 bits per heavy atom. The van der Waals surface area contributed by atoms with E-state index >= 15 is 0 Å². The van der Waals surface area contributed by atoms with Gasteiger partial charge < -0.3 is 5.32 Å². The van der Waals surface area contributed by atoms with Crippen molar-refractivity contribution in [1.29, 1.82) is 0 Å². The predicted molar refractivity (Wildman–Crippen MR) is 78.1 cm³/mol. The lowest BCUT2D eigenvalue weighted by Crippen LogP contribution is -2.25. The van der Waals surface area contributed by atoms with Crippen LogP contribution >= 0.6 is 11.3 Å². The van der Waals surface area contributed by atoms with Crippen LogP contribution in [-0.4, -0.2) is 17.4 Å². The first kappa shape index (κ1) is 15.6. The standard InChI is InChI=1S/C15H16F2N2OS/c16-13-5-4-11(8-14(13)17)2-1-3-15(20)18-7-6-12-9-21-10-19-12/h4-5,8-10H,1-3,6-7H2,(H,18,20). The molecule has 2 aromatic rings. The molecular formula is C15H16F2N2OS. The highest BCUT2D eigenvalue weighted by Gasteiger charge is 2.05. The van der Waals surface area contributed by atoms with Crippen LogP contribution < -0.4 is 5.32 Å². The second kappa shape index (κ2) is 7.83. The molecule has 0 saturated carbocycles. The van der Waals surface area contributed by atoms with E-state index in [9.17, 15) is 13.6 Å². The van der Waals surface area contributed by atoms with Crippen molar-refractivity contribution in [3.63, 3.8) is 0 Å². The van der Waals surface area contributed by atoms with Crippen molar-refractivity contribution in [3.8, 4) is 0 Å². The Labute approximate surface area is 126 Å². The average molecular weight is 310 g/mol. The highest BCUT2D eigenvalue weighted by molar-refractivity contribution is 7.07. The molecule has 6 heteroatoms. The van der Waals surface area contributed by atoms with E-state index in [1.807, 2.05) is 5.38 Å². The van der Waals surface area contributed by atoms with E-state index in [0.29, 0.717) is 31.4 Å². The Balaban J connectivity index is 1.63. The van der Waals surface area contributed by atoms with Crippen LogP contribution in [0.3, 0.4) is 0 Å². The quantitative estimate of drug-likeness (QED) is 0.854. The van der Waals surface area contributed by atoms with Gasteiger partial charge in [-0.15, -0.1) is 11.3 Å². The lowest BCUT2D eigenvalue weighted by molar-refractivity contribution is -0.121. The van der Waals surface area contributed by atoms with Crippen molar-refractivity contribution >= 4 is 17.2 Å². The summed E-state index contributed by atoms with van der Waals surface area (Å²) in [5, 5.41) is 4.77. The van der Waals surface area contributed by atoms with Gasteiger partial charge in [-0.3, -0.25) is 4.79 Å². The number of carbonyl (C=O) groups is 1. The molecule has 0 atom stereocenters. The summed E-state index contributed by atoms with van der Waals surface area (Å²) in [6.07, 6.45) is 2.25. The van der Waals surface area contributed by atoms with Gasteiger partial charge in [-0.05, 0) is 30.5 Å². The molecule has 0 radical (unpaired) electrons. The van der Waals surface area contributed by atoms with Gasteiger partial charge in [-0.25, -0.2) is 13.8 Å². The second-order valence-electron chi connectivity index (χ2n) is 4.68. The van der Waals surface area contributed by atoms with Gasteiger partial charge in [0.2, 0.25) is 5.91 Å². The molecule has 1 amide bonds. The third-order valence-electron chi connectivity index (χ3n) is 3.04. The van der Waals surface area contributed by atoms with E-state index in [2.05, 4.69) is 10.3 Å². The molecule has 0 aliphatic rings. The number of hydrogen-bond acceptors (Lipinski definition) is 3. The minimum Gasteiger partial charge on any atom is -0.356 e. The van der Waals surface area contributed by atoms with Crippen LogP contribution in [0.25, 0.3) is 0 Å². The molecule has 0 spiro atoms. The molecule has 1 N–H and O–H groups in total. The fourth-order valence-corrected chi connectivity index (χ4v) is 2.52. The number of amides is 1. The molecule has 3 nitrogen and oxygen atoms in total. The van der Waals surface area contributed by atoms with Crippen LogP contribution in [0.1, 0.15) is 24.1 Å². The normalized spacial score (nSPS) is 10.6. The van der Waals surface area contributed by atoms with Gasteiger partial charge in [0.05, 0.1) is 11.2 Å². The maximum Gasteiger partial charge on any atom is 0.220 e. The average Bonchev–Trinajstić information content (AvgIpc) is 2.96. The summed E-state index contributed by atoms with van der Waals surface area (Å²) in [5.74, 6) is -1.73. The first-order valence-electron chi connectivity index (χ1n) is 6.73. The van der Waals surface area contributed by atoms with Crippen molar-refractivity contribution in [2.75, 3.05) is 6.54 Å². The van der Waals surface area contributed by atoms with Crippen molar-refractivity contribution < 1.29 is 13.6 Å². The van der Waals surface area contributed by atoms with E-state index in [1.54, 1.807) is 11.6 Å². The van der Waals surface area contributed by atoms with Crippen LogP contribution in [-0.2, 0) is 17.6 Å². The molecule has 2 rings (SSSR count). The third-order valence-corrected chi connectivity index (χ3v) is 3.68. The lowest BCUT2D eigenvalue weighted by Gasteiger charge is -2.05. The predicted octanol–water partition coefficient (Wildman–Crippen LogP) is 3.10. The number of aryl methyl sites for hydroxylation is 1. The molecular weight excluding hydrogens is 294 g/mol. The van der Waals surface area contributed by atoms with Crippen molar-refractivity contribution in [1.82, 2.24) is 10.3 Å². The van der Waals surface area contributed by atoms with E-state index < -0.39 is 11.6 Å². The molecule has 1 aromatic heterocycles. The molecule has 0 aliphatic heterocycles. The van der Waals surface area contributed by atoms with Crippen LogP contribution in [0, 0.1) is 11.6 Å². The number of hydrogen-bond donors (Lipinski definition) is 1. The summed E-state index contributed by atoms with van der Waals surface area (Å²) < 4.78 is 25.8. The zero-order chi connectivity index (χ0) is 15.1. The van der Waals surface area contributed by atoms with Gasteiger partial charge in [0.1, 0.15) is 0 Å². The number of carbonyl (C=O) groups excluding carboxylic acids is 1. The number of rotatable bonds is 7. The molecule has 21 heavy (non-hydrogen) atoms. The van der Waals surface area contributed by atoms with Gasteiger partial charge in [-0.1, -0.05) is 6.07 Å². The Morgan fingerprint density at radius 1 is 1.24 bits per heavy atom. The van der Waals surface area contributed by atoms with Crippen LogP contribution in [0.5, 0.6) is 0 Å². The topological polar surface area (TPSA) is 42.0 Å². The van der Waals surface area contributed by atoms with Crippen molar-refractivity contribution in [3.05, 3.63) is 52.0 Å². The van der Waals surface area contributed by atoms with E-state index in [0.717, 1.165) is 18.2 Å². The van der Waals surface area contributed by atoms with Gasteiger partial charge in [0, 0.05) is 24.8 Å². The van der Waals surface area contributed by atoms with Crippen LogP contribution in [0.2, 0.25) is 0 Å². The molecule has 0 aliphatic carbocycles. The molecule has 0 fully saturated rings. The Morgan fingerprint density at radius 3 is 2.81 bits per heavy atom. The maximum atomic E-state index is 13.0. The first-order chi connectivity index (χ1) is 10.1. The zero-order valence-electron chi connectivity index (χ0n) is 11.4. The number of thiazole rings is 1. The third kappa shape index (κ3) is 5.23. The first-order valence-corrected chi connectivity index (χ1v) is 7.67. The molecule has 1 heterocycles. The van der Waals surface area contributed by atoms with E-state index in [1.165, 1.54) is 17.4 Å². The molecule has 112 valence electrons. The van der Waals surface area contributed by atoms with Crippen molar-refractivity contribution in [2.45, 2.75) is 25.7 Å². The van der Waals surface area contributed by atoms with Crippen LogP contribution in [0.4, 0.5) is 8.78 Å². The van der Waals surface area contributed by atoms with Gasteiger partial charge in [-0.2, -0.15) is 0 Å². The number of nitrogens with zero attached hydrogens (tertiary/aromatic N) is 1. The SMILES string of the molecule is O=C(CCCc1ccc(F)c(F)c1)NCCc1cscn1. The minimum atomic E-state index is -0.849. The summed E-state index contributed by atoms with van der Waals surface area (Å²) >= 11 is 1.53. The number of halogens is 2. The summed E-state index contributed by atoms with van der Waals surface area (Å²) in [5.41, 5.74) is 3.44. The van der Waals surface area contributed by atoms with E-state index in [-0.39, 0.29) is 5.91 Å². The molecule has 0 unspecified atom stereocenters. The largest absolute Gasteiger partial charge is 0.356 e. The fraction of sp³-hybridized carbons (Fsp3) is 0.333. The fourth-order valence-electron chi connectivity index (χ4n) is 1.93.